The van der Waals surface area contributed by atoms with Gasteiger partial charge in [-0.25, -0.2) is 4.79 Å². The van der Waals surface area contributed by atoms with E-state index in [1.165, 1.54) is 19.3 Å². The maximum atomic E-state index is 11.4. The average Bonchev–Trinajstić information content (AvgIpc) is 2.99. The lowest BCUT2D eigenvalue weighted by Crippen LogP contribution is -2.18. The van der Waals surface area contributed by atoms with Gasteiger partial charge in [0.25, 0.3) is 0 Å². The van der Waals surface area contributed by atoms with Crippen molar-refractivity contribution >= 4 is 5.97 Å². The van der Waals surface area contributed by atoms with Crippen LogP contribution in [0.1, 0.15) is 57.8 Å². The lowest BCUT2D eigenvalue weighted by atomic mass is 9.82. The van der Waals surface area contributed by atoms with E-state index in [4.69, 9.17) is 5.11 Å². The summed E-state index contributed by atoms with van der Waals surface area (Å²) in [6.07, 6.45) is 11.8. The maximum Gasteiger partial charge on any atom is 0.331 e. The normalized spacial score (nSPS) is 29.9. The van der Waals surface area contributed by atoms with Crippen LogP contribution in [0.4, 0.5) is 0 Å². The molecule has 2 saturated carbocycles. The molecule has 0 saturated heterocycles. The minimum atomic E-state index is -0.701. The molecule has 2 aliphatic rings. The summed E-state index contributed by atoms with van der Waals surface area (Å²) in [5.74, 6) is 1.06. The van der Waals surface area contributed by atoms with Crippen molar-refractivity contribution in [1.29, 1.82) is 0 Å². The molecule has 108 valence electrons. The van der Waals surface area contributed by atoms with Gasteiger partial charge >= 0.3 is 5.97 Å². The predicted octanol–water partition coefficient (Wildman–Crippen LogP) is 3.38. The van der Waals surface area contributed by atoms with Gasteiger partial charge in [0.2, 0.25) is 0 Å². The molecule has 2 N–H and O–H groups in total. The molecular formula is C16H26O3. The van der Waals surface area contributed by atoms with E-state index in [2.05, 4.69) is 0 Å². The third kappa shape index (κ3) is 3.82. The van der Waals surface area contributed by atoms with E-state index in [0.29, 0.717) is 17.4 Å². The molecule has 0 unspecified atom stereocenters. The predicted molar refractivity (Wildman–Crippen MR) is 74.8 cm³/mol. The van der Waals surface area contributed by atoms with E-state index in [-0.39, 0.29) is 6.61 Å². The Morgan fingerprint density at radius 2 is 1.89 bits per heavy atom. The van der Waals surface area contributed by atoms with Gasteiger partial charge in [0.1, 0.15) is 0 Å². The minimum Gasteiger partial charge on any atom is -0.478 e. The first-order chi connectivity index (χ1) is 9.22. The Kier molecular flexibility index (Phi) is 5.44. The number of fused-ring (bicyclic) bond motifs is 2. The Morgan fingerprint density at radius 1 is 1.11 bits per heavy atom. The number of unbranched alkanes of at least 4 members (excludes halogenated alkanes) is 4. The van der Waals surface area contributed by atoms with Crippen molar-refractivity contribution < 1.29 is 15.0 Å². The molecule has 3 heteroatoms. The van der Waals surface area contributed by atoms with Crippen LogP contribution in [0.5, 0.6) is 0 Å². The molecule has 0 radical (unpaired) electrons. The molecule has 0 spiro atoms. The monoisotopic (exact) mass is 266 g/mol. The second kappa shape index (κ2) is 7.09. The first-order valence-corrected chi connectivity index (χ1v) is 7.76. The van der Waals surface area contributed by atoms with E-state index >= 15 is 0 Å². The fraction of sp³-hybridized carbons (Fsp3) is 0.812. The molecule has 0 heterocycles. The summed E-state index contributed by atoms with van der Waals surface area (Å²) in [5, 5.41) is 18.1. The third-order valence-electron chi connectivity index (χ3n) is 4.86. The van der Waals surface area contributed by atoms with Crippen LogP contribution in [0, 0.1) is 17.8 Å². The molecular weight excluding hydrogens is 240 g/mol. The van der Waals surface area contributed by atoms with Crippen molar-refractivity contribution in [1.82, 2.24) is 0 Å². The van der Waals surface area contributed by atoms with E-state index in [1.54, 1.807) is 0 Å². The number of hydrogen-bond donors (Lipinski definition) is 2. The molecule has 2 rings (SSSR count). The van der Waals surface area contributed by atoms with E-state index in [1.807, 2.05) is 6.08 Å². The molecule has 0 amide bonds. The second-order valence-electron chi connectivity index (χ2n) is 6.17. The number of aliphatic carboxylic acids is 1. The molecule has 2 aliphatic carbocycles. The highest BCUT2D eigenvalue weighted by atomic mass is 16.4. The van der Waals surface area contributed by atoms with Crippen LogP contribution >= 0.6 is 0 Å². The van der Waals surface area contributed by atoms with Gasteiger partial charge in [0, 0.05) is 12.2 Å². The number of carboxylic acid groups (broad SMARTS) is 1. The van der Waals surface area contributed by atoms with Crippen LogP contribution in [0.15, 0.2) is 11.6 Å². The zero-order valence-electron chi connectivity index (χ0n) is 11.7. The van der Waals surface area contributed by atoms with Crippen molar-refractivity contribution in [2.24, 2.45) is 17.8 Å². The summed E-state index contributed by atoms with van der Waals surface area (Å²) in [7, 11) is 0. The number of carbonyl (C=O) groups is 1. The Hall–Kier alpha value is -0.830. The van der Waals surface area contributed by atoms with Gasteiger partial charge in [0.15, 0.2) is 0 Å². The first kappa shape index (κ1) is 14.6. The Morgan fingerprint density at radius 3 is 2.47 bits per heavy atom. The van der Waals surface area contributed by atoms with Gasteiger partial charge in [-0.05, 0) is 56.3 Å². The summed E-state index contributed by atoms with van der Waals surface area (Å²) >= 11 is 0. The standard InChI is InChI=1S/C16H26O3/c17-9-5-3-1-2-4-6-14(16(18)19)15-11-12-7-8-13(15)10-12/h6,12-13,15,17H,1-5,7-11H2,(H,18,19)/t12-,13+,15-/m0/s1. The Balaban J connectivity index is 1.81. The van der Waals surface area contributed by atoms with Gasteiger partial charge in [-0.1, -0.05) is 25.3 Å². The molecule has 3 nitrogen and oxygen atoms in total. The smallest absolute Gasteiger partial charge is 0.331 e. The van der Waals surface area contributed by atoms with Crippen LogP contribution < -0.4 is 0 Å². The molecule has 3 atom stereocenters. The minimum absolute atomic E-state index is 0.265. The highest BCUT2D eigenvalue weighted by Crippen LogP contribution is 2.51. The van der Waals surface area contributed by atoms with Crippen molar-refractivity contribution in [3.05, 3.63) is 11.6 Å². The van der Waals surface area contributed by atoms with Gasteiger partial charge in [0.05, 0.1) is 0 Å². The molecule has 0 aromatic heterocycles. The van der Waals surface area contributed by atoms with Crippen LogP contribution in [0.3, 0.4) is 0 Å². The Labute approximate surface area is 115 Å². The number of carboxylic acids is 1. The zero-order chi connectivity index (χ0) is 13.7. The summed E-state index contributed by atoms with van der Waals surface area (Å²) in [4.78, 5) is 11.4. The number of allylic oxidation sites excluding steroid dienone is 1. The highest BCUT2D eigenvalue weighted by Gasteiger charge is 2.42. The fourth-order valence-electron chi connectivity index (χ4n) is 3.89. The quantitative estimate of drug-likeness (QED) is 0.523. The van der Waals surface area contributed by atoms with Crippen LogP contribution in [-0.2, 0) is 4.79 Å². The second-order valence-corrected chi connectivity index (χ2v) is 6.17. The number of aliphatic hydroxyl groups excluding tert-OH is 1. The molecule has 0 aromatic carbocycles. The largest absolute Gasteiger partial charge is 0.478 e. The summed E-state index contributed by atoms with van der Waals surface area (Å²) in [6.45, 7) is 0.265. The molecule has 0 aromatic rings. The highest BCUT2D eigenvalue weighted by molar-refractivity contribution is 5.87. The molecule has 2 fully saturated rings. The van der Waals surface area contributed by atoms with Crippen LogP contribution in [0.2, 0.25) is 0 Å². The number of rotatable bonds is 8. The molecule has 0 aliphatic heterocycles. The topological polar surface area (TPSA) is 57.5 Å². The summed E-state index contributed by atoms with van der Waals surface area (Å²) < 4.78 is 0. The van der Waals surface area contributed by atoms with Gasteiger partial charge in [-0.3, -0.25) is 0 Å². The SMILES string of the molecule is O=C(O)C(=CCCCCCCO)[C@H]1C[C@H]2CC[C@@H]1C2. The van der Waals surface area contributed by atoms with Crippen molar-refractivity contribution in [2.75, 3.05) is 6.61 Å². The van der Waals surface area contributed by atoms with Crippen molar-refractivity contribution in [3.63, 3.8) is 0 Å². The van der Waals surface area contributed by atoms with Gasteiger partial charge in [-0.15, -0.1) is 0 Å². The van der Waals surface area contributed by atoms with Crippen LogP contribution in [0.25, 0.3) is 0 Å². The van der Waals surface area contributed by atoms with Crippen molar-refractivity contribution in [3.8, 4) is 0 Å². The third-order valence-corrected chi connectivity index (χ3v) is 4.86. The average molecular weight is 266 g/mol. The zero-order valence-corrected chi connectivity index (χ0v) is 11.7. The fourth-order valence-corrected chi connectivity index (χ4v) is 3.89. The lowest BCUT2D eigenvalue weighted by Gasteiger charge is -2.22. The number of hydrogen-bond acceptors (Lipinski definition) is 2. The van der Waals surface area contributed by atoms with Gasteiger partial charge < -0.3 is 10.2 Å². The Bertz CT molecular complexity index is 335. The lowest BCUT2D eigenvalue weighted by molar-refractivity contribution is -0.133. The molecule has 2 bridgehead atoms. The van der Waals surface area contributed by atoms with E-state index in [9.17, 15) is 9.90 Å². The number of aliphatic hydroxyl groups is 1. The van der Waals surface area contributed by atoms with Crippen molar-refractivity contribution in [2.45, 2.75) is 57.8 Å². The van der Waals surface area contributed by atoms with E-state index < -0.39 is 5.97 Å². The summed E-state index contributed by atoms with van der Waals surface area (Å²) in [5.41, 5.74) is 0.689. The van der Waals surface area contributed by atoms with Gasteiger partial charge in [-0.2, -0.15) is 0 Å². The first-order valence-electron chi connectivity index (χ1n) is 7.76. The maximum absolute atomic E-state index is 11.4. The summed E-state index contributed by atoms with van der Waals surface area (Å²) in [6, 6.07) is 0. The van der Waals surface area contributed by atoms with Crippen LogP contribution in [-0.4, -0.2) is 22.8 Å². The molecule has 19 heavy (non-hydrogen) atoms. The van der Waals surface area contributed by atoms with E-state index in [0.717, 1.165) is 44.4 Å².